The highest BCUT2D eigenvalue weighted by Crippen LogP contribution is 2.25. The number of hydrogen-bond donors (Lipinski definition) is 0. The molecule has 1 aromatic rings. The van der Waals surface area contributed by atoms with Gasteiger partial charge in [-0.15, -0.1) is 11.3 Å². The van der Waals surface area contributed by atoms with E-state index in [9.17, 15) is 0 Å². The van der Waals surface area contributed by atoms with Crippen molar-refractivity contribution < 1.29 is 0 Å². The molecule has 0 saturated heterocycles. The summed E-state index contributed by atoms with van der Waals surface area (Å²) in [6, 6.07) is 2.21. The molecule has 2 rings (SSSR count). The fourth-order valence-electron chi connectivity index (χ4n) is 1.31. The van der Waals surface area contributed by atoms with Crippen molar-refractivity contribution >= 4 is 17.0 Å². The molecule has 0 N–H and O–H groups in total. The second-order valence-corrected chi connectivity index (χ2v) is 3.51. The van der Waals surface area contributed by atoms with Gasteiger partial charge in [-0.1, -0.05) is 0 Å². The average Bonchev–Trinajstić information content (AvgIpc) is 2.42. The summed E-state index contributed by atoms with van der Waals surface area (Å²) in [5.41, 5.74) is 2.83. The molecular weight excluding hydrogens is 142 g/mol. The first-order valence-corrected chi connectivity index (χ1v) is 4.28. The van der Waals surface area contributed by atoms with Gasteiger partial charge in [0.1, 0.15) is 0 Å². The number of rotatable bonds is 0. The molecule has 0 atom stereocenters. The van der Waals surface area contributed by atoms with Gasteiger partial charge in [0.25, 0.3) is 0 Å². The molecule has 1 nitrogen and oxygen atoms in total. The first kappa shape index (κ1) is 6.10. The van der Waals surface area contributed by atoms with Crippen LogP contribution in [0.4, 0.5) is 0 Å². The molecule has 0 radical (unpaired) electrons. The highest BCUT2D eigenvalue weighted by Gasteiger charge is 2.16. The van der Waals surface area contributed by atoms with Crippen LogP contribution in [0.2, 0.25) is 0 Å². The van der Waals surface area contributed by atoms with Crippen LogP contribution in [0.15, 0.2) is 16.4 Å². The van der Waals surface area contributed by atoms with Gasteiger partial charge in [0, 0.05) is 30.5 Å². The van der Waals surface area contributed by atoms with Gasteiger partial charge in [-0.3, -0.25) is 4.99 Å². The minimum Gasteiger partial charge on any atom is -0.297 e. The number of aliphatic imine (C=N–C) groups is 1. The van der Waals surface area contributed by atoms with Gasteiger partial charge in [0.05, 0.1) is 0 Å². The van der Waals surface area contributed by atoms with E-state index in [0.29, 0.717) is 0 Å². The lowest BCUT2D eigenvalue weighted by molar-refractivity contribution is 1.31. The van der Waals surface area contributed by atoms with Gasteiger partial charge >= 0.3 is 0 Å². The van der Waals surface area contributed by atoms with Gasteiger partial charge < -0.3 is 0 Å². The second-order valence-electron chi connectivity index (χ2n) is 2.51. The van der Waals surface area contributed by atoms with Gasteiger partial charge in [-0.2, -0.15) is 0 Å². The largest absolute Gasteiger partial charge is 0.297 e. The van der Waals surface area contributed by atoms with E-state index in [0.717, 1.165) is 12.8 Å². The van der Waals surface area contributed by atoms with Crippen LogP contribution in [0.5, 0.6) is 0 Å². The van der Waals surface area contributed by atoms with Crippen molar-refractivity contribution in [3.63, 3.8) is 0 Å². The summed E-state index contributed by atoms with van der Waals surface area (Å²) in [6.07, 6.45) is 2.19. The standard InChI is InChI=1S/C8H9NS/c1-9-7-4-6-2-3-10-8(6)5-7/h2-3H,4-5H2,1H3/b9-7-. The summed E-state index contributed by atoms with van der Waals surface area (Å²) >= 11 is 1.85. The Balaban J connectivity index is 2.37. The van der Waals surface area contributed by atoms with Crippen LogP contribution in [-0.2, 0) is 12.8 Å². The Morgan fingerprint density at radius 2 is 2.40 bits per heavy atom. The molecule has 0 saturated carbocycles. The molecule has 10 heavy (non-hydrogen) atoms. The topological polar surface area (TPSA) is 12.4 Å². The van der Waals surface area contributed by atoms with E-state index in [1.807, 2.05) is 18.4 Å². The summed E-state index contributed by atoms with van der Waals surface area (Å²) in [6.45, 7) is 0. The fourth-order valence-corrected chi connectivity index (χ4v) is 2.24. The zero-order chi connectivity index (χ0) is 6.97. The Kier molecular flexibility index (Phi) is 1.34. The Morgan fingerprint density at radius 3 is 3.10 bits per heavy atom. The van der Waals surface area contributed by atoms with E-state index >= 15 is 0 Å². The predicted octanol–water partition coefficient (Wildman–Crippen LogP) is 1.92. The zero-order valence-electron chi connectivity index (χ0n) is 5.92. The molecule has 52 valence electrons. The van der Waals surface area contributed by atoms with E-state index in [1.54, 1.807) is 0 Å². The summed E-state index contributed by atoms with van der Waals surface area (Å²) in [5.74, 6) is 0. The molecule has 1 heterocycles. The van der Waals surface area contributed by atoms with Crippen molar-refractivity contribution in [1.29, 1.82) is 0 Å². The highest BCUT2D eigenvalue weighted by molar-refractivity contribution is 7.10. The maximum atomic E-state index is 4.20. The summed E-state index contributed by atoms with van der Waals surface area (Å²) in [4.78, 5) is 5.71. The Bertz CT molecular complexity index is 250. The Labute approximate surface area is 64.4 Å². The van der Waals surface area contributed by atoms with Crippen LogP contribution in [-0.4, -0.2) is 12.8 Å². The van der Waals surface area contributed by atoms with Gasteiger partial charge in [0.2, 0.25) is 0 Å². The molecule has 0 aliphatic heterocycles. The molecule has 0 aromatic carbocycles. The van der Waals surface area contributed by atoms with Crippen molar-refractivity contribution in [2.24, 2.45) is 4.99 Å². The quantitative estimate of drug-likeness (QED) is 0.537. The maximum absolute atomic E-state index is 4.20. The van der Waals surface area contributed by atoms with E-state index in [1.165, 1.54) is 16.2 Å². The van der Waals surface area contributed by atoms with Crippen molar-refractivity contribution in [1.82, 2.24) is 0 Å². The number of nitrogens with zero attached hydrogens (tertiary/aromatic N) is 1. The first-order chi connectivity index (χ1) is 4.90. The maximum Gasteiger partial charge on any atom is 0.0276 e. The molecule has 0 bridgehead atoms. The van der Waals surface area contributed by atoms with E-state index in [-0.39, 0.29) is 0 Å². The van der Waals surface area contributed by atoms with Crippen LogP contribution in [0.1, 0.15) is 10.4 Å². The van der Waals surface area contributed by atoms with Gasteiger partial charge in [-0.05, 0) is 17.0 Å². The summed E-state index contributed by atoms with van der Waals surface area (Å²) in [7, 11) is 1.88. The van der Waals surface area contributed by atoms with Crippen molar-refractivity contribution in [3.8, 4) is 0 Å². The third-order valence-electron chi connectivity index (χ3n) is 1.91. The molecule has 0 amide bonds. The lowest BCUT2D eigenvalue weighted by Gasteiger charge is -1.87. The van der Waals surface area contributed by atoms with Crippen LogP contribution >= 0.6 is 11.3 Å². The minimum atomic E-state index is 1.09. The van der Waals surface area contributed by atoms with Gasteiger partial charge in [0.15, 0.2) is 0 Å². The monoisotopic (exact) mass is 151 g/mol. The zero-order valence-corrected chi connectivity index (χ0v) is 6.74. The van der Waals surface area contributed by atoms with E-state index < -0.39 is 0 Å². The number of fused-ring (bicyclic) bond motifs is 1. The third kappa shape index (κ3) is 0.797. The fraction of sp³-hybridized carbons (Fsp3) is 0.375. The molecule has 1 aromatic heterocycles. The van der Waals surface area contributed by atoms with E-state index in [2.05, 4.69) is 16.4 Å². The van der Waals surface area contributed by atoms with Crippen LogP contribution in [0, 0.1) is 0 Å². The van der Waals surface area contributed by atoms with Crippen LogP contribution < -0.4 is 0 Å². The molecule has 0 spiro atoms. The normalized spacial score (nSPS) is 19.9. The smallest absolute Gasteiger partial charge is 0.0276 e. The molecule has 0 unspecified atom stereocenters. The molecular formula is C8H9NS. The van der Waals surface area contributed by atoms with Crippen molar-refractivity contribution in [3.05, 3.63) is 21.9 Å². The Morgan fingerprint density at radius 1 is 1.50 bits per heavy atom. The van der Waals surface area contributed by atoms with Gasteiger partial charge in [-0.25, -0.2) is 0 Å². The lowest BCUT2D eigenvalue weighted by atomic mass is 10.2. The summed E-state index contributed by atoms with van der Waals surface area (Å²) < 4.78 is 0. The Hall–Kier alpha value is -0.630. The van der Waals surface area contributed by atoms with E-state index in [4.69, 9.17) is 0 Å². The summed E-state index contributed by atoms with van der Waals surface area (Å²) in [5, 5.41) is 2.16. The third-order valence-corrected chi connectivity index (χ3v) is 2.88. The SMILES string of the molecule is C/N=C1/Cc2ccsc2C1. The van der Waals surface area contributed by atoms with Crippen molar-refractivity contribution in [2.75, 3.05) is 7.05 Å². The second kappa shape index (κ2) is 2.20. The lowest BCUT2D eigenvalue weighted by Crippen LogP contribution is -1.94. The number of thiophene rings is 1. The first-order valence-electron chi connectivity index (χ1n) is 3.40. The molecule has 1 aliphatic rings. The highest BCUT2D eigenvalue weighted by atomic mass is 32.1. The molecule has 2 heteroatoms. The minimum absolute atomic E-state index is 1.09. The molecule has 0 fully saturated rings. The average molecular weight is 151 g/mol. The van der Waals surface area contributed by atoms with Crippen LogP contribution in [0.25, 0.3) is 0 Å². The predicted molar refractivity (Wildman–Crippen MR) is 45.1 cm³/mol. The molecule has 1 aliphatic carbocycles. The number of hydrogen-bond acceptors (Lipinski definition) is 2. The van der Waals surface area contributed by atoms with Crippen molar-refractivity contribution in [2.45, 2.75) is 12.8 Å². The van der Waals surface area contributed by atoms with Crippen LogP contribution in [0.3, 0.4) is 0 Å².